The van der Waals surface area contributed by atoms with Gasteiger partial charge in [-0.05, 0) is 60.1 Å². The number of aliphatic hydroxyl groups excluding tert-OH is 1. The lowest BCUT2D eigenvalue weighted by atomic mass is 10.1. The maximum atomic E-state index is 9.74. The normalized spacial score (nSPS) is 12.2. The van der Waals surface area contributed by atoms with Crippen molar-refractivity contribution in [2.75, 3.05) is 12.4 Å². The van der Waals surface area contributed by atoms with Crippen LogP contribution in [0.15, 0.2) is 61.1 Å². The van der Waals surface area contributed by atoms with Gasteiger partial charge in [-0.15, -0.1) is 0 Å². The molecule has 0 saturated heterocycles. The number of thiazole rings is 1. The molecule has 0 amide bonds. The molecule has 6 nitrogen and oxygen atoms in total. The fourth-order valence-corrected chi connectivity index (χ4v) is 3.72. The first kappa shape index (κ1) is 17.5. The summed E-state index contributed by atoms with van der Waals surface area (Å²) in [5.41, 5.74) is 4.21. The van der Waals surface area contributed by atoms with Gasteiger partial charge in [-0.2, -0.15) is 0 Å². The summed E-state index contributed by atoms with van der Waals surface area (Å²) in [4.78, 5) is 13.1. The molecule has 1 unspecified atom stereocenters. The lowest BCUT2D eigenvalue weighted by Crippen LogP contribution is -2.26. The average molecular weight is 377 g/mol. The number of fused-ring (bicyclic) bond motifs is 1. The molecule has 136 valence electrons. The number of aliphatic hydroxyl groups is 1. The van der Waals surface area contributed by atoms with Crippen molar-refractivity contribution in [1.29, 1.82) is 0 Å². The van der Waals surface area contributed by atoms with Gasteiger partial charge >= 0.3 is 0 Å². The van der Waals surface area contributed by atoms with Crippen LogP contribution in [0, 0.1) is 0 Å². The molecule has 27 heavy (non-hydrogen) atoms. The Morgan fingerprint density at radius 2 is 1.89 bits per heavy atom. The van der Waals surface area contributed by atoms with Gasteiger partial charge in [-0.25, -0.2) is 9.97 Å². The fraction of sp³-hybridized carbons (Fsp3) is 0.150. The van der Waals surface area contributed by atoms with Crippen LogP contribution in [0.3, 0.4) is 0 Å². The van der Waals surface area contributed by atoms with E-state index in [0.29, 0.717) is 12.2 Å². The first-order valence-corrected chi connectivity index (χ1v) is 9.41. The number of rotatable bonds is 6. The third-order valence-corrected chi connectivity index (χ3v) is 5.16. The molecule has 7 heteroatoms. The molecule has 0 radical (unpaired) electrons. The van der Waals surface area contributed by atoms with Crippen LogP contribution < -0.4 is 10.6 Å². The second kappa shape index (κ2) is 7.79. The standard InChI is InChI=1S/C20H19N5OS/c1-21-19(26)11-13-4-9-23-18(10-13)25-20-24-16-3-2-15(12-17(16)27-20)14-5-7-22-8-6-14/h2-10,12,19,21,26H,11H2,1H3,(H,23,24,25). The van der Waals surface area contributed by atoms with Gasteiger partial charge in [0.15, 0.2) is 5.13 Å². The van der Waals surface area contributed by atoms with E-state index in [4.69, 9.17) is 0 Å². The van der Waals surface area contributed by atoms with Crippen molar-refractivity contribution in [2.24, 2.45) is 0 Å². The molecule has 0 spiro atoms. The van der Waals surface area contributed by atoms with Crippen molar-refractivity contribution in [3.63, 3.8) is 0 Å². The highest BCUT2D eigenvalue weighted by Crippen LogP contribution is 2.31. The Balaban J connectivity index is 1.57. The Morgan fingerprint density at radius 3 is 2.70 bits per heavy atom. The second-order valence-electron chi connectivity index (χ2n) is 6.12. The molecule has 0 aliphatic rings. The Kier molecular flexibility index (Phi) is 5.06. The van der Waals surface area contributed by atoms with Crippen LogP contribution in [0.4, 0.5) is 10.9 Å². The summed E-state index contributed by atoms with van der Waals surface area (Å²) in [6, 6.07) is 14.0. The number of nitrogens with zero attached hydrogens (tertiary/aromatic N) is 3. The van der Waals surface area contributed by atoms with E-state index < -0.39 is 6.23 Å². The molecule has 3 aromatic heterocycles. The van der Waals surface area contributed by atoms with Crippen molar-refractivity contribution in [3.8, 4) is 11.1 Å². The van der Waals surface area contributed by atoms with Gasteiger partial charge < -0.3 is 10.4 Å². The highest BCUT2D eigenvalue weighted by atomic mass is 32.1. The van der Waals surface area contributed by atoms with E-state index in [9.17, 15) is 5.11 Å². The van der Waals surface area contributed by atoms with Crippen LogP contribution in [-0.4, -0.2) is 33.3 Å². The summed E-state index contributed by atoms with van der Waals surface area (Å²) in [5, 5.41) is 16.6. The predicted molar refractivity (Wildman–Crippen MR) is 109 cm³/mol. The number of aromatic nitrogens is 3. The maximum absolute atomic E-state index is 9.74. The fourth-order valence-electron chi connectivity index (χ4n) is 2.81. The number of likely N-dealkylation sites (N-methyl/N-ethyl adjacent to an activating group) is 1. The zero-order valence-electron chi connectivity index (χ0n) is 14.8. The monoisotopic (exact) mass is 377 g/mol. The third-order valence-electron chi connectivity index (χ3n) is 4.22. The van der Waals surface area contributed by atoms with Crippen molar-refractivity contribution in [3.05, 3.63) is 66.6 Å². The van der Waals surface area contributed by atoms with Gasteiger partial charge in [0.1, 0.15) is 12.0 Å². The predicted octanol–water partition coefficient (Wildman–Crippen LogP) is 3.58. The van der Waals surface area contributed by atoms with E-state index in [0.717, 1.165) is 32.0 Å². The van der Waals surface area contributed by atoms with E-state index in [-0.39, 0.29) is 0 Å². The molecule has 0 saturated carbocycles. The van der Waals surface area contributed by atoms with Crippen LogP contribution in [0.1, 0.15) is 5.56 Å². The van der Waals surface area contributed by atoms with Crippen molar-refractivity contribution in [1.82, 2.24) is 20.3 Å². The van der Waals surface area contributed by atoms with E-state index >= 15 is 0 Å². The molecule has 4 rings (SSSR count). The minimum absolute atomic E-state index is 0.517. The number of anilines is 2. The molecular formula is C20H19N5OS. The first-order chi connectivity index (χ1) is 13.2. The van der Waals surface area contributed by atoms with E-state index in [1.54, 1.807) is 37.0 Å². The second-order valence-corrected chi connectivity index (χ2v) is 7.15. The first-order valence-electron chi connectivity index (χ1n) is 8.59. The van der Waals surface area contributed by atoms with Gasteiger partial charge in [-0.3, -0.25) is 10.3 Å². The van der Waals surface area contributed by atoms with E-state index in [1.807, 2.05) is 30.3 Å². The number of benzene rings is 1. The average Bonchev–Trinajstić information content (AvgIpc) is 3.10. The molecular weight excluding hydrogens is 358 g/mol. The van der Waals surface area contributed by atoms with Gasteiger partial charge in [0.05, 0.1) is 10.2 Å². The number of pyridine rings is 2. The smallest absolute Gasteiger partial charge is 0.189 e. The van der Waals surface area contributed by atoms with Gasteiger partial charge in [-0.1, -0.05) is 17.4 Å². The van der Waals surface area contributed by atoms with E-state index in [2.05, 4.69) is 37.7 Å². The molecule has 0 bridgehead atoms. The van der Waals surface area contributed by atoms with E-state index in [1.165, 1.54) is 0 Å². The lowest BCUT2D eigenvalue weighted by Gasteiger charge is -2.09. The van der Waals surface area contributed by atoms with Crippen molar-refractivity contribution < 1.29 is 5.11 Å². The van der Waals surface area contributed by atoms with Crippen LogP contribution in [0.25, 0.3) is 21.3 Å². The minimum Gasteiger partial charge on any atom is -0.378 e. The maximum Gasteiger partial charge on any atom is 0.189 e. The van der Waals surface area contributed by atoms with Gasteiger partial charge in [0, 0.05) is 25.0 Å². The topological polar surface area (TPSA) is 83.0 Å². The Hall–Kier alpha value is -2.87. The zero-order valence-corrected chi connectivity index (χ0v) is 15.6. The largest absolute Gasteiger partial charge is 0.378 e. The summed E-state index contributed by atoms with van der Waals surface area (Å²) >= 11 is 1.59. The SMILES string of the molecule is CNC(O)Cc1ccnc(Nc2nc3ccc(-c4ccncc4)cc3s2)c1. The number of hydrogen-bond acceptors (Lipinski definition) is 7. The van der Waals surface area contributed by atoms with Crippen LogP contribution in [0.2, 0.25) is 0 Å². The quantitative estimate of drug-likeness (QED) is 0.446. The molecule has 1 aromatic carbocycles. The van der Waals surface area contributed by atoms with Gasteiger partial charge in [0.2, 0.25) is 0 Å². The molecule has 1 atom stereocenters. The summed E-state index contributed by atoms with van der Waals surface area (Å²) in [6.45, 7) is 0. The molecule has 0 fully saturated rings. The summed E-state index contributed by atoms with van der Waals surface area (Å²) < 4.78 is 1.11. The highest BCUT2D eigenvalue weighted by Gasteiger charge is 2.08. The summed E-state index contributed by atoms with van der Waals surface area (Å²) in [6.07, 6.45) is 5.26. The molecule has 3 heterocycles. The number of hydrogen-bond donors (Lipinski definition) is 3. The van der Waals surface area contributed by atoms with Crippen LogP contribution >= 0.6 is 11.3 Å². The third kappa shape index (κ3) is 4.11. The Bertz CT molecular complexity index is 1050. The molecule has 4 aromatic rings. The highest BCUT2D eigenvalue weighted by molar-refractivity contribution is 7.22. The Labute approximate surface area is 161 Å². The lowest BCUT2D eigenvalue weighted by molar-refractivity contribution is 0.147. The van der Waals surface area contributed by atoms with Crippen molar-refractivity contribution >= 4 is 32.5 Å². The summed E-state index contributed by atoms with van der Waals surface area (Å²) in [7, 11) is 1.73. The molecule has 0 aliphatic carbocycles. The van der Waals surface area contributed by atoms with Crippen molar-refractivity contribution in [2.45, 2.75) is 12.6 Å². The van der Waals surface area contributed by atoms with Crippen LogP contribution in [-0.2, 0) is 6.42 Å². The number of nitrogens with one attached hydrogen (secondary N) is 2. The summed E-state index contributed by atoms with van der Waals surface area (Å²) in [5.74, 6) is 0.712. The zero-order chi connectivity index (χ0) is 18.6. The van der Waals surface area contributed by atoms with Crippen LogP contribution in [0.5, 0.6) is 0 Å². The Morgan fingerprint density at radius 1 is 1.04 bits per heavy atom. The minimum atomic E-state index is -0.575. The molecule has 3 N–H and O–H groups in total. The molecule has 0 aliphatic heterocycles. The van der Waals surface area contributed by atoms with Gasteiger partial charge in [0.25, 0.3) is 0 Å².